The topological polar surface area (TPSA) is 57.6 Å². The zero-order chi connectivity index (χ0) is 11.7. The Labute approximate surface area is 100 Å². The first kappa shape index (κ1) is 11.0. The predicted octanol–water partition coefficient (Wildman–Crippen LogP) is -0.291. The maximum Gasteiger partial charge on any atom is 0.137 e. The third-order valence-corrected chi connectivity index (χ3v) is 3.41. The Hall–Kier alpha value is -1.17. The van der Waals surface area contributed by atoms with Crippen LogP contribution in [0.25, 0.3) is 0 Å². The molecule has 0 bridgehead atoms. The van der Waals surface area contributed by atoms with Gasteiger partial charge in [0.05, 0.1) is 13.2 Å². The molecule has 0 unspecified atom stereocenters. The largest absolute Gasteiger partial charge is 0.380 e. The molecule has 0 aromatic carbocycles. The van der Waals surface area contributed by atoms with E-state index in [1.807, 2.05) is 12.1 Å². The van der Waals surface area contributed by atoms with Crippen LogP contribution in [0, 0.1) is 0 Å². The number of nitrogens with zero attached hydrogens (tertiary/aromatic N) is 2. The number of anilines is 1. The lowest BCUT2D eigenvalue weighted by atomic mass is 9.94. The van der Waals surface area contributed by atoms with Gasteiger partial charge in [-0.25, -0.2) is 4.98 Å². The number of nitrogens with one attached hydrogen (secondary N) is 1. The van der Waals surface area contributed by atoms with E-state index < -0.39 is 5.60 Å². The predicted molar refractivity (Wildman–Crippen MR) is 64.0 cm³/mol. The molecule has 2 aliphatic heterocycles. The van der Waals surface area contributed by atoms with Crippen LogP contribution in [0.2, 0.25) is 0 Å². The highest BCUT2D eigenvalue weighted by Gasteiger charge is 2.38. The van der Waals surface area contributed by atoms with Crippen molar-refractivity contribution in [3.8, 4) is 0 Å². The second-order valence-electron chi connectivity index (χ2n) is 4.67. The van der Waals surface area contributed by atoms with E-state index in [-0.39, 0.29) is 0 Å². The van der Waals surface area contributed by atoms with Crippen LogP contribution in [0.15, 0.2) is 18.3 Å². The van der Waals surface area contributed by atoms with Crippen molar-refractivity contribution in [1.82, 2.24) is 10.3 Å². The van der Waals surface area contributed by atoms with Crippen molar-refractivity contribution in [2.24, 2.45) is 0 Å². The SMILES string of the molecule is OC1(c2ccc(N3CCNCC3)nc2)COC1. The van der Waals surface area contributed by atoms with Crippen molar-refractivity contribution in [1.29, 1.82) is 0 Å². The second kappa shape index (κ2) is 4.25. The van der Waals surface area contributed by atoms with Gasteiger partial charge >= 0.3 is 0 Å². The Morgan fingerprint density at radius 2 is 2.06 bits per heavy atom. The third-order valence-electron chi connectivity index (χ3n) is 3.41. The molecule has 5 nitrogen and oxygen atoms in total. The van der Waals surface area contributed by atoms with Gasteiger partial charge in [0.15, 0.2) is 0 Å². The minimum atomic E-state index is -0.811. The lowest BCUT2D eigenvalue weighted by Gasteiger charge is -2.36. The number of hydrogen-bond acceptors (Lipinski definition) is 5. The van der Waals surface area contributed by atoms with Crippen LogP contribution in [0.3, 0.4) is 0 Å². The van der Waals surface area contributed by atoms with Gasteiger partial charge in [-0.2, -0.15) is 0 Å². The van der Waals surface area contributed by atoms with Crippen molar-refractivity contribution in [3.05, 3.63) is 23.9 Å². The van der Waals surface area contributed by atoms with Gasteiger partial charge in [0.25, 0.3) is 0 Å². The van der Waals surface area contributed by atoms with Gasteiger partial charge in [0.2, 0.25) is 0 Å². The summed E-state index contributed by atoms with van der Waals surface area (Å²) in [5.74, 6) is 0.985. The highest BCUT2D eigenvalue weighted by Crippen LogP contribution is 2.29. The summed E-state index contributed by atoms with van der Waals surface area (Å²) in [5, 5.41) is 13.4. The van der Waals surface area contributed by atoms with Crippen LogP contribution in [-0.2, 0) is 10.3 Å². The molecule has 0 spiro atoms. The number of pyridine rings is 1. The van der Waals surface area contributed by atoms with Gasteiger partial charge in [-0.1, -0.05) is 6.07 Å². The van der Waals surface area contributed by atoms with Crippen molar-refractivity contribution in [3.63, 3.8) is 0 Å². The highest BCUT2D eigenvalue weighted by molar-refractivity contribution is 5.41. The molecule has 0 aliphatic carbocycles. The number of piperazine rings is 1. The van der Waals surface area contributed by atoms with E-state index in [1.54, 1.807) is 6.20 Å². The van der Waals surface area contributed by atoms with E-state index >= 15 is 0 Å². The second-order valence-corrected chi connectivity index (χ2v) is 4.67. The fourth-order valence-corrected chi connectivity index (χ4v) is 2.20. The van der Waals surface area contributed by atoms with Crippen molar-refractivity contribution >= 4 is 5.82 Å². The van der Waals surface area contributed by atoms with Gasteiger partial charge in [-0.05, 0) is 6.07 Å². The lowest BCUT2D eigenvalue weighted by Crippen LogP contribution is -2.46. The fourth-order valence-electron chi connectivity index (χ4n) is 2.20. The van der Waals surface area contributed by atoms with Crippen LogP contribution in [0.1, 0.15) is 5.56 Å². The molecule has 0 saturated carbocycles. The summed E-state index contributed by atoms with van der Waals surface area (Å²) in [6.07, 6.45) is 1.76. The van der Waals surface area contributed by atoms with E-state index in [0.717, 1.165) is 37.6 Å². The van der Waals surface area contributed by atoms with Crippen LogP contribution in [-0.4, -0.2) is 49.5 Å². The molecule has 3 heterocycles. The van der Waals surface area contributed by atoms with Crippen LogP contribution in [0.4, 0.5) is 5.82 Å². The smallest absolute Gasteiger partial charge is 0.137 e. The molecule has 2 fully saturated rings. The molecule has 1 aromatic rings. The summed E-state index contributed by atoms with van der Waals surface area (Å²) >= 11 is 0. The summed E-state index contributed by atoms with van der Waals surface area (Å²) in [5.41, 5.74) is 0.0391. The minimum Gasteiger partial charge on any atom is -0.380 e. The molecule has 0 atom stereocenters. The Morgan fingerprint density at radius 3 is 2.59 bits per heavy atom. The molecule has 92 valence electrons. The van der Waals surface area contributed by atoms with Crippen molar-refractivity contribution in [2.45, 2.75) is 5.60 Å². The summed E-state index contributed by atoms with van der Waals surface area (Å²) < 4.78 is 5.04. The molecule has 2 saturated heterocycles. The summed E-state index contributed by atoms with van der Waals surface area (Å²) in [6.45, 7) is 4.73. The lowest BCUT2D eigenvalue weighted by molar-refractivity contribution is -0.184. The molecule has 1 aromatic heterocycles. The first-order valence-corrected chi connectivity index (χ1v) is 6.00. The first-order valence-electron chi connectivity index (χ1n) is 6.00. The van der Waals surface area contributed by atoms with Gasteiger partial charge in [0, 0.05) is 37.9 Å². The molecule has 17 heavy (non-hydrogen) atoms. The highest BCUT2D eigenvalue weighted by atomic mass is 16.5. The van der Waals surface area contributed by atoms with E-state index in [9.17, 15) is 5.11 Å². The molecule has 0 amide bonds. The van der Waals surface area contributed by atoms with Gasteiger partial charge < -0.3 is 20.1 Å². The standard InChI is InChI=1S/C12H17N3O2/c16-12(8-17-9-12)10-1-2-11(14-7-10)15-5-3-13-4-6-15/h1-2,7,13,16H,3-6,8-9H2. The zero-order valence-corrected chi connectivity index (χ0v) is 9.72. The maximum atomic E-state index is 10.1. The normalized spacial score (nSPS) is 23.2. The van der Waals surface area contributed by atoms with Gasteiger partial charge in [0.1, 0.15) is 11.4 Å². The van der Waals surface area contributed by atoms with Gasteiger partial charge in [-0.15, -0.1) is 0 Å². The minimum absolute atomic E-state index is 0.377. The van der Waals surface area contributed by atoms with Crippen LogP contribution in [0.5, 0.6) is 0 Å². The van der Waals surface area contributed by atoms with Gasteiger partial charge in [-0.3, -0.25) is 0 Å². The number of rotatable bonds is 2. The van der Waals surface area contributed by atoms with E-state index in [2.05, 4.69) is 15.2 Å². The number of hydrogen-bond donors (Lipinski definition) is 2. The molecule has 2 N–H and O–H groups in total. The molecular formula is C12H17N3O2. The molecule has 0 radical (unpaired) electrons. The molecule has 2 aliphatic rings. The first-order chi connectivity index (χ1) is 8.28. The van der Waals surface area contributed by atoms with Crippen molar-refractivity contribution in [2.75, 3.05) is 44.3 Å². The third kappa shape index (κ3) is 2.01. The van der Waals surface area contributed by atoms with Crippen LogP contribution < -0.4 is 10.2 Å². The summed E-state index contributed by atoms with van der Waals surface area (Å²) in [4.78, 5) is 6.68. The Kier molecular flexibility index (Phi) is 2.74. The van der Waals surface area contributed by atoms with E-state index in [1.165, 1.54) is 0 Å². The molecular weight excluding hydrogens is 218 g/mol. The quantitative estimate of drug-likeness (QED) is 0.737. The number of aromatic nitrogens is 1. The Morgan fingerprint density at radius 1 is 1.29 bits per heavy atom. The van der Waals surface area contributed by atoms with Crippen molar-refractivity contribution < 1.29 is 9.84 Å². The van der Waals surface area contributed by atoms with E-state index in [0.29, 0.717) is 13.2 Å². The molecule has 5 heteroatoms. The zero-order valence-electron chi connectivity index (χ0n) is 9.72. The maximum absolute atomic E-state index is 10.1. The fraction of sp³-hybridized carbons (Fsp3) is 0.583. The Balaban J connectivity index is 1.75. The number of aliphatic hydroxyl groups is 1. The average Bonchev–Trinajstić information content (AvgIpc) is 2.37. The average molecular weight is 235 g/mol. The summed E-state index contributed by atoms with van der Waals surface area (Å²) in [7, 11) is 0. The summed E-state index contributed by atoms with van der Waals surface area (Å²) in [6, 6.07) is 3.93. The Bertz CT molecular complexity index is 383. The molecule has 3 rings (SSSR count). The monoisotopic (exact) mass is 235 g/mol. The van der Waals surface area contributed by atoms with E-state index in [4.69, 9.17) is 4.74 Å². The number of ether oxygens (including phenoxy) is 1. The van der Waals surface area contributed by atoms with Crippen LogP contribution >= 0.6 is 0 Å².